The number of hydrogen-bond donors (Lipinski definition) is 1. The first kappa shape index (κ1) is 16.6. The second-order valence-corrected chi connectivity index (χ2v) is 5.28. The van der Waals surface area contributed by atoms with Crippen molar-refractivity contribution >= 4 is 0 Å². The van der Waals surface area contributed by atoms with Gasteiger partial charge in [0.2, 0.25) is 0 Å². The van der Waals surface area contributed by atoms with Crippen molar-refractivity contribution < 1.29 is 14.2 Å². The number of halogens is 1. The summed E-state index contributed by atoms with van der Waals surface area (Å²) in [5.74, 6) is -0.239. The van der Waals surface area contributed by atoms with Gasteiger partial charge in [0.05, 0.1) is 12.7 Å². The van der Waals surface area contributed by atoms with E-state index in [1.54, 1.807) is 19.2 Å². The summed E-state index contributed by atoms with van der Waals surface area (Å²) in [6.45, 7) is 2.44. The minimum absolute atomic E-state index is 0.239. The van der Waals surface area contributed by atoms with Crippen LogP contribution in [-0.4, -0.2) is 36.8 Å². The van der Waals surface area contributed by atoms with E-state index in [2.05, 4.69) is 4.90 Å². The molecule has 2 aromatic carbocycles. The molecule has 0 fully saturated rings. The molecule has 1 atom stereocenters. The standard InChI is InChI=1S/C18H22FNO2/c1-22-12-11-20(13-15-7-9-17(19)10-8-15)14-18(21)16-5-3-2-4-6-16/h2-10,18,21H,11-14H2,1H3/t18-/m0/s1. The molecular weight excluding hydrogens is 281 g/mol. The Morgan fingerprint density at radius 3 is 2.41 bits per heavy atom. The second kappa shape index (κ2) is 8.63. The molecule has 0 bridgehead atoms. The summed E-state index contributed by atoms with van der Waals surface area (Å²) in [6, 6.07) is 16.0. The first-order chi connectivity index (χ1) is 10.7. The zero-order valence-corrected chi connectivity index (χ0v) is 12.8. The molecular formula is C18H22FNO2. The van der Waals surface area contributed by atoms with Crippen molar-refractivity contribution in [1.29, 1.82) is 0 Å². The van der Waals surface area contributed by atoms with Gasteiger partial charge in [-0.05, 0) is 23.3 Å². The first-order valence-corrected chi connectivity index (χ1v) is 7.38. The van der Waals surface area contributed by atoms with Crippen molar-refractivity contribution in [2.75, 3.05) is 26.8 Å². The Labute approximate surface area is 131 Å². The van der Waals surface area contributed by atoms with E-state index in [0.717, 1.165) is 11.1 Å². The van der Waals surface area contributed by atoms with Crippen molar-refractivity contribution in [3.8, 4) is 0 Å². The number of ether oxygens (including phenoxy) is 1. The molecule has 0 aliphatic heterocycles. The van der Waals surface area contributed by atoms with Gasteiger partial charge in [-0.2, -0.15) is 0 Å². The van der Waals surface area contributed by atoms with E-state index >= 15 is 0 Å². The van der Waals surface area contributed by atoms with E-state index in [1.165, 1.54) is 12.1 Å². The molecule has 118 valence electrons. The van der Waals surface area contributed by atoms with Crippen LogP contribution in [0.4, 0.5) is 4.39 Å². The molecule has 0 amide bonds. The van der Waals surface area contributed by atoms with Gasteiger partial charge in [0.1, 0.15) is 5.82 Å². The third kappa shape index (κ3) is 5.22. The summed E-state index contributed by atoms with van der Waals surface area (Å²) in [7, 11) is 1.66. The van der Waals surface area contributed by atoms with Gasteiger partial charge in [0, 0.05) is 26.7 Å². The molecule has 0 aliphatic carbocycles. The minimum Gasteiger partial charge on any atom is -0.387 e. The number of rotatable bonds is 8. The van der Waals surface area contributed by atoms with Gasteiger partial charge in [-0.15, -0.1) is 0 Å². The zero-order valence-electron chi connectivity index (χ0n) is 12.8. The third-order valence-corrected chi connectivity index (χ3v) is 3.55. The third-order valence-electron chi connectivity index (χ3n) is 3.55. The van der Waals surface area contributed by atoms with Crippen molar-refractivity contribution in [3.63, 3.8) is 0 Å². The Hall–Kier alpha value is -1.75. The van der Waals surface area contributed by atoms with E-state index in [0.29, 0.717) is 26.2 Å². The number of benzene rings is 2. The molecule has 0 saturated heterocycles. The largest absolute Gasteiger partial charge is 0.387 e. The van der Waals surface area contributed by atoms with Crippen LogP contribution in [0.15, 0.2) is 54.6 Å². The van der Waals surface area contributed by atoms with Gasteiger partial charge in [-0.3, -0.25) is 4.90 Å². The molecule has 0 saturated carbocycles. The molecule has 3 nitrogen and oxygen atoms in total. The van der Waals surface area contributed by atoms with Crippen molar-refractivity contribution in [2.45, 2.75) is 12.6 Å². The smallest absolute Gasteiger partial charge is 0.123 e. The summed E-state index contributed by atoms with van der Waals surface area (Å²) in [4.78, 5) is 2.11. The highest BCUT2D eigenvalue weighted by Gasteiger charge is 2.14. The summed E-state index contributed by atoms with van der Waals surface area (Å²) in [6.07, 6.45) is -0.557. The number of aliphatic hydroxyl groups excluding tert-OH is 1. The Bertz CT molecular complexity index is 545. The molecule has 2 rings (SSSR count). The number of methoxy groups -OCH3 is 1. The SMILES string of the molecule is COCCN(Cc1ccc(F)cc1)C[C@H](O)c1ccccc1. The van der Waals surface area contributed by atoms with Crippen LogP contribution in [-0.2, 0) is 11.3 Å². The summed E-state index contributed by atoms with van der Waals surface area (Å²) in [5, 5.41) is 10.4. The van der Waals surface area contributed by atoms with E-state index < -0.39 is 6.10 Å². The molecule has 2 aromatic rings. The average Bonchev–Trinajstić information content (AvgIpc) is 2.55. The lowest BCUT2D eigenvalue weighted by Crippen LogP contribution is -2.31. The van der Waals surface area contributed by atoms with Crippen molar-refractivity contribution in [2.24, 2.45) is 0 Å². The molecule has 0 aromatic heterocycles. The van der Waals surface area contributed by atoms with Gasteiger partial charge < -0.3 is 9.84 Å². The highest BCUT2D eigenvalue weighted by molar-refractivity contribution is 5.18. The van der Waals surface area contributed by atoms with Crippen LogP contribution in [0.25, 0.3) is 0 Å². The Kier molecular flexibility index (Phi) is 6.52. The van der Waals surface area contributed by atoms with Gasteiger partial charge in [0.15, 0.2) is 0 Å². The van der Waals surface area contributed by atoms with E-state index in [4.69, 9.17) is 4.74 Å². The molecule has 0 heterocycles. The highest BCUT2D eigenvalue weighted by atomic mass is 19.1. The molecule has 0 radical (unpaired) electrons. The Morgan fingerprint density at radius 2 is 1.77 bits per heavy atom. The van der Waals surface area contributed by atoms with E-state index in [1.807, 2.05) is 30.3 Å². The normalized spacial score (nSPS) is 12.5. The van der Waals surface area contributed by atoms with Crippen LogP contribution < -0.4 is 0 Å². The summed E-state index contributed by atoms with van der Waals surface area (Å²) < 4.78 is 18.1. The first-order valence-electron chi connectivity index (χ1n) is 7.38. The van der Waals surface area contributed by atoms with Gasteiger partial charge in [0.25, 0.3) is 0 Å². The topological polar surface area (TPSA) is 32.7 Å². The number of aliphatic hydroxyl groups is 1. The summed E-state index contributed by atoms with van der Waals surface area (Å²) in [5.41, 5.74) is 1.90. The molecule has 0 unspecified atom stereocenters. The lowest BCUT2D eigenvalue weighted by Gasteiger charge is -2.25. The monoisotopic (exact) mass is 303 g/mol. The predicted molar refractivity (Wildman–Crippen MR) is 85.0 cm³/mol. The molecule has 22 heavy (non-hydrogen) atoms. The van der Waals surface area contributed by atoms with Gasteiger partial charge >= 0.3 is 0 Å². The van der Waals surface area contributed by atoms with Crippen molar-refractivity contribution in [1.82, 2.24) is 4.90 Å². The van der Waals surface area contributed by atoms with Crippen molar-refractivity contribution in [3.05, 3.63) is 71.5 Å². The zero-order chi connectivity index (χ0) is 15.8. The lowest BCUT2D eigenvalue weighted by molar-refractivity contribution is 0.0849. The Morgan fingerprint density at radius 1 is 1.09 bits per heavy atom. The van der Waals surface area contributed by atoms with Crippen LogP contribution in [0, 0.1) is 5.82 Å². The van der Waals surface area contributed by atoms with Gasteiger partial charge in [-0.1, -0.05) is 42.5 Å². The van der Waals surface area contributed by atoms with Crippen LogP contribution in [0.1, 0.15) is 17.2 Å². The fourth-order valence-electron chi connectivity index (χ4n) is 2.33. The lowest BCUT2D eigenvalue weighted by atomic mass is 10.1. The van der Waals surface area contributed by atoms with Gasteiger partial charge in [-0.25, -0.2) is 4.39 Å². The molecule has 0 aliphatic rings. The second-order valence-electron chi connectivity index (χ2n) is 5.28. The van der Waals surface area contributed by atoms with Crippen LogP contribution >= 0.6 is 0 Å². The molecule has 4 heteroatoms. The highest BCUT2D eigenvalue weighted by Crippen LogP contribution is 2.15. The predicted octanol–water partition coefficient (Wildman–Crippen LogP) is 3.01. The molecule has 0 spiro atoms. The maximum atomic E-state index is 13.0. The minimum atomic E-state index is -0.557. The van der Waals surface area contributed by atoms with E-state index in [-0.39, 0.29) is 5.82 Å². The molecule has 1 N–H and O–H groups in total. The Balaban J connectivity index is 2.00. The fourth-order valence-corrected chi connectivity index (χ4v) is 2.33. The van der Waals surface area contributed by atoms with Crippen LogP contribution in [0.5, 0.6) is 0 Å². The quantitative estimate of drug-likeness (QED) is 0.814. The summed E-state index contributed by atoms with van der Waals surface area (Å²) >= 11 is 0. The number of hydrogen-bond acceptors (Lipinski definition) is 3. The van der Waals surface area contributed by atoms with Crippen LogP contribution in [0.2, 0.25) is 0 Å². The maximum Gasteiger partial charge on any atom is 0.123 e. The average molecular weight is 303 g/mol. The van der Waals surface area contributed by atoms with E-state index in [9.17, 15) is 9.50 Å². The number of nitrogens with zero attached hydrogens (tertiary/aromatic N) is 1. The maximum absolute atomic E-state index is 13.0. The fraction of sp³-hybridized carbons (Fsp3) is 0.333. The van der Waals surface area contributed by atoms with Crippen LogP contribution in [0.3, 0.4) is 0 Å².